The van der Waals surface area contributed by atoms with Gasteiger partial charge in [-0.05, 0) is 79.7 Å². The summed E-state index contributed by atoms with van der Waals surface area (Å²) < 4.78 is 14.2. The van der Waals surface area contributed by atoms with Crippen LogP contribution in [-0.2, 0) is 10.5 Å². The van der Waals surface area contributed by atoms with Crippen LogP contribution in [0.2, 0.25) is 0 Å². The Bertz CT molecular complexity index is 975. The summed E-state index contributed by atoms with van der Waals surface area (Å²) in [6.07, 6.45) is 11.0. The van der Waals surface area contributed by atoms with Crippen LogP contribution in [-0.4, -0.2) is 5.91 Å². The molecule has 1 atom stereocenters. The van der Waals surface area contributed by atoms with Crippen molar-refractivity contribution in [2.24, 2.45) is 23.0 Å². The molecule has 0 saturated heterocycles. The van der Waals surface area contributed by atoms with Crippen molar-refractivity contribution >= 4 is 28.6 Å². The number of anilines is 2. The molecule has 2 aliphatic carbocycles. The van der Waals surface area contributed by atoms with Crippen molar-refractivity contribution in [3.63, 3.8) is 0 Å². The van der Waals surface area contributed by atoms with Gasteiger partial charge in [0.1, 0.15) is 11.2 Å². The van der Waals surface area contributed by atoms with E-state index in [1.165, 1.54) is 18.9 Å². The van der Waals surface area contributed by atoms with Crippen LogP contribution in [0.15, 0.2) is 29.6 Å². The van der Waals surface area contributed by atoms with Crippen molar-refractivity contribution in [1.29, 1.82) is 0 Å². The first kappa shape index (κ1) is 21.7. The van der Waals surface area contributed by atoms with E-state index in [1.54, 1.807) is 23.5 Å². The molecule has 0 bridgehead atoms. The lowest BCUT2D eigenvalue weighted by atomic mass is 9.52. The molecule has 2 fully saturated rings. The minimum atomic E-state index is -0.864. The summed E-state index contributed by atoms with van der Waals surface area (Å²) in [5, 5.41) is 9.56. The third kappa shape index (κ3) is 3.17. The number of carbonyl (C=O) groups excluding carboxylic acids is 1. The Hall–Kier alpha value is -2.08. The normalized spacial score (nSPS) is 24.6. The van der Waals surface area contributed by atoms with Gasteiger partial charge in [0.05, 0.1) is 16.3 Å². The monoisotopic (exact) mass is 455 g/mol. The predicted molar refractivity (Wildman–Crippen MR) is 129 cm³/mol. The maximum absolute atomic E-state index is 14.2. The van der Waals surface area contributed by atoms with Crippen molar-refractivity contribution in [2.75, 3.05) is 10.6 Å². The Morgan fingerprint density at radius 2 is 1.59 bits per heavy atom. The van der Waals surface area contributed by atoms with Crippen LogP contribution >= 0.6 is 11.3 Å². The summed E-state index contributed by atoms with van der Waals surface area (Å²) in [4.78, 5) is 15.0. The number of rotatable bonds is 5. The standard InChI is InChI=1S/C26H34FN3OS/c1-17-14-15-32-23(17)26(29-21-13-12-20(27)16-22(21)30-26)25(24(28)31,18-8-4-2-5-9-18)19-10-6-3-7-11-19/h12-16,18-19,29-30H,2-11H2,1H3,(H2,28,31). The maximum atomic E-state index is 14.2. The van der Waals surface area contributed by atoms with E-state index in [-0.39, 0.29) is 23.6 Å². The molecule has 32 heavy (non-hydrogen) atoms. The Balaban J connectivity index is 1.77. The summed E-state index contributed by atoms with van der Waals surface area (Å²) in [5.74, 6) is -0.107. The number of nitrogens with two attached hydrogens (primary N) is 1. The molecule has 1 aliphatic heterocycles. The van der Waals surface area contributed by atoms with Gasteiger partial charge in [0.25, 0.3) is 0 Å². The highest BCUT2D eigenvalue weighted by Gasteiger charge is 2.66. The summed E-state index contributed by atoms with van der Waals surface area (Å²) >= 11 is 1.67. The van der Waals surface area contributed by atoms with Gasteiger partial charge in [-0.25, -0.2) is 4.39 Å². The Labute approximate surface area is 194 Å². The quantitative estimate of drug-likeness (QED) is 0.481. The molecule has 6 heteroatoms. The highest BCUT2D eigenvalue weighted by molar-refractivity contribution is 7.10. The average molecular weight is 456 g/mol. The van der Waals surface area contributed by atoms with Gasteiger partial charge >= 0.3 is 0 Å². The molecule has 1 amide bonds. The fourth-order valence-corrected chi connectivity index (χ4v) is 8.19. The first-order valence-electron chi connectivity index (χ1n) is 12.2. The number of nitrogens with one attached hydrogen (secondary N) is 2. The molecule has 2 aromatic rings. The molecule has 2 heterocycles. The van der Waals surface area contributed by atoms with Gasteiger partial charge in [0, 0.05) is 0 Å². The van der Waals surface area contributed by atoms with Gasteiger partial charge in [-0.1, -0.05) is 38.5 Å². The number of hydrogen-bond acceptors (Lipinski definition) is 4. The van der Waals surface area contributed by atoms with E-state index in [2.05, 4.69) is 29.0 Å². The van der Waals surface area contributed by atoms with Crippen molar-refractivity contribution in [1.82, 2.24) is 0 Å². The minimum Gasteiger partial charge on any atom is -0.369 e. The number of aryl methyl sites for hydroxylation is 1. The van der Waals surface area contributed by atoms with Crippen molar-refractivity contribution in [3.05, 3.63) is 45.9 Å². The lowest BCUT2D eigenvalue weighted by Crippen LogP contribution is -2.67. The number of halogens is 1. The first-order valence-corrected chi connectivity index (χ1v) is 13.1. The maximum Gasteiger partial charge on any atom is 0.228 e. The van der Waals surface area contributed by atoms with Crippen LogP contribution < -0.4 is 16.4 Å². The van der Waals surface area contributed by atoms with Gasteiger partial charge in [-0.15, -0.1) is 11.3 Å². The lowest BCUT2D eigenvalue weighted by molar-refractivity contribution is -0.144. The van der Waals surface area contributed by atoms with E-state index in [0.29, 0.717) is 0 Å². The van der Waals surface area contributed by atoms with Crippen molar-refractivity contribution in [2.45, 2.75) is 76.8 Å². The van der Waals surface area contributed by atoms with Crippen LogP contribution in [0.3, 0.4) is 0 Å². The van der Waals surface area contributed by atoms with Gasteiger partial charge < -0.3 is 16.4 Å². The molecule has 1 unspecified atom stereocenters. The fourth-order valence-electron chi connectivity index (χ4n) is 7.08. The van der Waals surface area contributed by atoms with Crippen LogP contribution in [0.25, 0.3) is 0 Å². The second-order valence-electron chi connectivity index (χ2n) is 10.0. The molecule has 1 aromatic heterocycles. The molecule has 1 aromatic carbocycles. The number of benzene rings is 1. The van der Waals surface area contributed by atoms with Crippen LogP contribution in [0.4, 0.5) is 15.8 Å². The minimum absolute atomic E-state index is 0.192. The number of primary amides is 1. The summed E-state index contributed by atoms with van der Waals surface area (Å²) in [6, 6.07) is 6.93. The summed E-state index contributed by atoms with van der Waals surface area (Å²) in [7, 11) is 0. The number of amides is 1. The van der Waals surface area contributed by atoms with Crippen molar-refractivity contribution < 1.29 is 9.18 Å². The Morgan fingerprint density at radius 3 is 2.12 bits per heavy atom. The van der Waals surface area contributed by atoms with Gasteiger partial charge in [0.2, 0.25) is 5.91 Å². The van der Waals surface area contributed by atoms with E-state index in [0.717, 1.165) is 73.2 Å². The molecule has 172 valence electrons. The smallest absolute Gasteiger partial charge is 0.228 e. The van der Waals surface area contributed by atoms with Crippen LogP contribution in [0.5, 0.6) is 0 Å². The SMILES string of the molecule is Cc1ccsc1C1(C(C(N)=O)(C2CCCCC2)C2CCCCC2)Nc2ccc(F)cc2N1. The number of carbonyl (C=O) groups is 1. The molecule has 3 aliphatic rings. The first-order chi connectivity index (χ1) is 15.5. The zero-order chi connectivity index (χ0) is 22.3. The lowest BCUT2D eigenvalue weighted by Gasteiger charge is -2.56. The largest absolute Gasteiger partial charge is 0.369 e. The van der Waals surface area contributed by atoms with E-state index >= 15 is 0 Å². The molecule has 5 rings (SSSR count). The molecule has 0 spiro atoms. The third-order valence-corrected chi connectivity index (χ3v) is 9.49. The molecular weight excluding hydrogens is 421 g/mol. The summed E-state index contributed by atoms with van der Waals surface area (Å²) in [6.45, 7) is 2.11. The Kier molecular flexibility index (Phi) is 5.68. The van der Waals surface area contributed by atoms with Gasteiger partial charge in [0.15, 0.2) is 5.66 Å². The highest BCUT2D eigenvalue weighted by Crippen LogP contribution is 2.62. The predicted octanol–water partition coefficient (Wildman–Crippen LogP) is 6.52. The second-order valence-corrected chi connectivity index (χ2v) is 10.9. The molecule has 2 saturated carbocycles. The summed E-state index contributed by atoms with van der Waals surface area (Å²) in [5.41, 5.74) is 7.58. The molecule has 0 radical (unpaired) electrons. The number of thiophene rings is 1. The molecule has 4 nitrogen and oxygen atoms in total. The van der Waals surface area contributed by atoms with E-state index in [4.69, 9.17) is 5.73 Å². The number of hydrogen-bond donors (Lipinski definition) is 3. The highest BCUT2D eigenvalue weighted by atomic mass is 32.1. The van der Waals surface area contributed by atoms with E-state index in [1.807, 2.05) is 0 Å². The van der Waals surface area contributed by atoms with E-state index in [9.17, 15) is 9.18 Å². The Morgan fingerprint density at radius 1 is 1.00 bits per heavy atom. The van der Waals surface area contributed by atoms with E-state index < -0.39 is 11.1 Å². The molecular formula is C26H34FN3OS. The van der Waals surface area contributed by atoms with Crippen LogP contribution in [0.1, 0.15) is 74.6 Å². The second kappa shape index (κ2) is 8.36. The average Bonchev–Trinajstić information content (AvgIpc) is 3.39. The third-order valence-electron chi connectivity index (χ3n) is 8.36. The zero-order valence-corrected chi connectivity index (χ0v) is 19.7. The van der Waals surface area contributed by atoms with Crippen LogP contribution in [0, 0.1) is 30.0 Å². The number of fused-ring (bicyclic) bond motifs is 1. The van der Waals surface area contributed by atoms with Gasteiger partial charge in [-0.2, -0.15) is 0 Å². The zero-order valence-electron chi connectivity index (χ0n) is 18.9. The molecule has 4 N–H and O–H groups in total. The fraction of sp³-hybridized carbons (Fsp3) is 0.577. The van der Waals surface area contributed by atoms with Crippen molar-refractivity contribution in [3.8, 4) is 0 Å². The topological polar surface area (TPSA) is 67.2 Å². The van der Waals surface area contributed by atoms with Gasteiger partial charge in [-0.3, -0.25) is 4.79 Å².